The molecule has 1 heterocycles. The topological polar surface area (TPSA) is 176 Å². The Labute approximate surface area is 295 Å². The van der Waals surface area contributed by atoms with Crippen molar-refractivity contribution in [1.82, 2.24) is 4.98 Å². The Morgan fingerprint density at radius 3 is 0.840 bits per heavy atom. The molecule has 1 aromatic rings. The van der Waals surface area contributed by atoms with Crippen LogP contribution in [0.3, 0.4) is 0 Å². The summed E-state index contributed by atoms with van der Waals surface area (Å²) in [5.41, 5.74) is 0.244. The molecule has 17 heteroatoms. The van der Waals surface area contributed by atoms with Crippen LogP contribution in [0.2, 0.25) is 0 Å². The van der Waals surface area contributed by atoms with E-state index in [1.54, 1.807) is 14.2 Å². The zero-order chi connectivity index (χ0) is 36.0. The lowest BCUT2D eigenvalue weighted by atomic mass is 10.2. The number of carbonyl (C=O) groups is 2. The molecule has 17 nitrogen and oxygen atoms in total. The van der Waals surface area contributed by atoms with Crippen LogP contribution in [0.15, 0.2) is 18.5 Å². The van der Waals surface area contributed by atoms with Gasteiger partial charge in [0.25, 0.3) is 0 Å². The van der Waals surface area contributed by atoms with Crippen molar-refractivity contribution < 1.29 is 75.9 Å². The fourth-order valence-corrected chi connectivity index (χ4v) is 3.46. The van der Waals surface area contributed by atoms with Crippen LogP contribution in [-0.4, -0.2) is 190 Å². The van der Waals surface area contributed by atoms with E-state index in [1.165, 1.54) is 18.5 Å². The predicted octanol–water partition coefficient (Wildman–Crippen LogP) is 0.854. The highest BCUT2D eigenvalue weighted by molar-refractivity contribution is 5.94. The Bertz CT molecular complexity index is 845. The second-order valence-corrected chi connectivity index (χ2v) is 9.84. The molecule has 0 radical (unpaired) electrons. The van der Waals surface area contributed by atoms with Crippen LogP contribution in [0.1, 0.15) is 20.7 Å². The van der Waals surface area contributed by atoms with E-state index < -0.39 is 11.9 Å². The summed E-state index contributed by atoms with van der Waals surface area (Å²) in [5.74, 6) is -1.26. The zero-order valence-electron chi connectivity index (χ0n) is 29.7. The Morgan fingerprint density at radius 2 is 0.600 bits per heavy atom. The Hall–Kier alpha value is -2.39. The summed E-state index contributed by atoms with van der Waals surface area (Å²) in [6.45, 7) is 9.80. The number of nitrogens with zero attached hydrogens (tertiary/aromatic N) is 1. The van der Waals surface area contributed by atoms with Crippen molar-refractivity contribution in [3.8, 4) is 0 Å². The Balaban J connectivity index is 1.93. The van der Waals surface area contributed by atoms with Gasteiger partial charge in [0.05, 0.1) is 156 Å². The third kappa shape index (κ3) is 29.4. The molecule has 0 bridgehead atoms. The number of ether oxygens (including phenoxy) is 14. The first kappa shape index (κ1) is 45.6. The average Bonchev–Trinajstić information content (AvgIpc) is 3.13. The summed E-state index contributed by atoms with van der Waals surface area (Å²) in [6.07, 6.45) is 2.62. The third-order valence-electron chi connectivity index (χ3n) is 5.97. The van der Waals surface area contributed by atoms with Gasteiger partial charge in [-0.3, -0.25) is 4.98 Å². The molecule has 290 valence electrons. The first-order chi connectivity index (χ1) is 24.7. The van der Waals surface area contributed by atoms with Crippen molar-refractivity contribution in [2.45, 2.75) is 0 Å². The molecular formula is C33H57NO16. The molecule has 0 unspecified atom stereocenters. The van der Waals surface area contributed by atoms with Gasteiger partial charge in [-0.25, -0.2) is 9.59 Å². The number of carbonyl (C=O) groups excluding carboxylic acids is 2. The zero-order valence-corrected chi connectivity index (χ0v) is 29.7. The van der Waals surface area contributed by atoms with Crippen molar-refractivity contribution in [3.05, 3.63) is 29.6 Å². The number of hydrogen-bond donors (Lipinski definition) is 0. The van der Waals surface area contributed by atoms with E-state index in [4.69, 9.17) is 66.3 Å². The van der Waals surface area contributed by atoms with E-state index >= 15 is 0 Å². The largest absolute Gasteiger partial charge is 0.460 e. The van der Waals surface area contributed by atoms with E-state index in [9.17, 15) is 9.59 Å². The fourth-order valence-electron chi connectivity index (χ4n) is 3.46. The summed E-state index contributed by atoms with van der Waals surface area (Å²) < 4.78 is 74.0. The van der Waals surface area contributed by atoms with Crippen LogP contribution in [0.5, 0.6) is 0 Å². The monoisotopic (exact) mass is 723 g/mol. The molecule has 0 spiro atoms. The highest BCUT2D eigenvalue weighted by atomic mass is 16.6. The van der Waals surface area contributed by atoms with Crippen LogP contribution in [0, 0.1) is 0 Å². The second kappa shape index (κ2) is 36.4. The molecule has 0 amide bonds. The molecule has 1 rings (SSSR count). The summed E-state index contributed by atoms with van der Waals surface area (Å²) >= 11 is 0. The fraction of sp³-hybridized carbons (Fsp3) is 0.788. The Kier molecular flexibility index (Phi) is 33.2. The number of methoxy groups -OCH3 is 2. The highest BCUT2D eigenvalue weighted by Gasteiger charge is 2.13. The van der Waals surface area contributed by atoms with E-state index in [0.29, 0.717) is 132 Å². The van der Waals surface area contributed by atoms with Crippen LogP contribution in [-0.2, 0) is 66.3 Å². The first-order valence-corrected chi connectivity index (χ1v) is 16.7. The lowest BCUT2D eigenvalue weighted by Gasteiger charge is -2.09. The van der Waals surface area contributed by atoms with Gasteiger partial charge in [-0.2, -0.15) is 0 Å². The van der Waals surface area contributed by atoms with Gasteiger partial charge in [-0.15, -0.1) is 0 Å². The highest BCUT2D eigenvalue weighted by Crippen LogP contribution is 2.06. The minimum absolute atomic E-state index is 0.0313. The van der Waals surface area contributed by atoms with Crippen LogP contribution in [0.4, 0.5) is 0 Å². The molecule has 0 saturated carbocycles. The maximum absolute atomic E-state index is 12.3. The Morgan fingerprint density at radius 1 is 0.380 bits per heavy atom. The van der Waals surface area contributed by atoms with Gasteiger partial charge in [0.2, 0.25) is 0 Å². The van der Waals surface area contributed by atoms with Gasteiger partial charge in [-0.1, -0.05) is 0 Å². The van der Waals surface area contributed by atoms with E-state index in [2.05, 4.69) is 4.98 Å². The normalized spacial score (nSPS) is 11.2. The summed E-state index contributed by atoms with van der Waals surface area (Å²) in [4.78, 5) is 28.6. The minimum Gasteiger partial charge on any atom is -0.460 e. The van der Waals surface area contributed by atoms with Crippen molar-refractivity contribution in [2.75, 3.05) is 173 Å². The number of aromatic nitrogens is 1. The average molecular weight is 724 g/mol. The van der Waals surface area contributed by atoms with Gasteiger partial charge >= 0.3 is 11.9 Å². The van der Waals surface area contributed by atoms with Crippen LogP contribution < -0.4 is 0 Å². The SMILES string of the molecule is COCCOCCOCCOCCOCCOCCOC(=O)c1cncc(C(=O)OCCOCCOCCOCCOCCOCCOC)c1. The first-order valence-electron chi connectivity index (χ1n) is 16.7. The molecule has 0 aromatic carbocycles. The second-order valence-electron chi connectivity index (χ2n) is 9.84. The lowest BCUT2D eigenvalue weighted by molar-refractivity contribution is -0.0178. The molecule has 0 aliphatic carbocycles. The smallest absolute Gasteiger partial charge is 0.339 e. The van der Waals surface area contributed by atoms with E-state index in [-0.39, 0.29) is 37.6 Å². The molecular weight excluding hydrogens is 666 g/mol. The molecule has 0 atom stereocenters. The quantitative estimate of drug-likeness (QED) is 0.0693. The molecule has 0 aliphatic heterocycles. The molecule has 0 aliphatic rings. The number of pyridine rings is 1. The van der Waals surface area contributed by atoms with Crippen LogP contribution >= 0.6 is 0 Å². The third-order valence-corrected chi connectivity index (χ3v) is 5.97. The number of rotatable bonds is 38. The summed E-state index contributed by atoms with van der Waals surface area (Å²) in [6, 6.07) is 1.36. The van der Waals surface area contributed by atoms with E-state index in [0.717, 1.165) is 0 Å². The standard InChI is InChI=1S/C33H57NO16/c1-37-3-5-39-7-9-41-11-13-43-15-17-45-19-21-47-23-25-49-32(35)30-27-31(29-34-28-30)33(36)50-26-24-48-22-20-46-18-16-44-14-12-42-10-8-40-6-4-38-2/h27-29H,3-26H2,1-2H3. The molecule has 0 fully saturated rings. The van der Waals surface area contributed by atoms with Crippen molar-refractivity contribution in [2.24, 2.45) is 0 Å². The summed E-state index contributed by atoms with van der Waals surface area (Å²) in [7, 11) is 3.25. The van der Waals surface area contributed by atoms with Crippen molar-refractivity contribution >= 4 is 11.9 Å². The van der Waals surface area contributed by atoms with Gasteiger partial charge in [0.1, 0.15) is 13.2 Å². The maximum atomic E-state index is 12.3. The predicted molar refractivity (Wildman–Crippen MR) is 177 cm³/mol. The minimum atomic E-state index is -0.631. The number of hydrogen-bond acceptors (Lipinski definition) is 17. The van der Waals surface area contributed by atoms with Gasteiger partial charge in [0, 0.05) is 26.6 Å². The van der Waals surface area contributed by atoms with Gasteiger partial charge in [0.15, 0.2) is 0 Å². The van der Waals surface area contributed by atoms with Gasteiger partial charge in [-0.05, 0) is 6.07 Å². The van der Waals surface area contributed by atoms with Crippen molar-refractivity contribution in [3.63, 3.8) is 0 Å². The molecule has 50 heavy (non-hydrogen) atoms. The summed E-state index contributed by atoms with van der Waals surface area (Å²) in [5, 5.41) is 0. The number of esters is 2. The van der Waals surface area contributed by atoms with Crippen molar-refractivity contribution in [1.29, 1.82) is 0 Å². The molecule has 1 aromatic heterocycles. The van der Waals surface area contributed by atoms with Crippen LogP contribution in [0.25, 0.3) is 0 Å². The maximum Gasteiger partial charge on any atom is 0.339 e. The van der Waals surface area contributed by atoms with E-state index in [1.807, 2.05) is 0 Å². The van der Waals surface area contributed by atoms with Gasteiger partial charge < -0.3 is 66.3 Å². The lowest BCUT2D eigenvalue weighted by Crippen LogP contribution is -2.16. The molecule has 0 saturated heterocycles. The molecule has 0 N–H and O–H groups in total.